The van der Waals surface area contributed by atoms with E-state index in [0.717, 1.165) is 0 Å². The van der Waals surface area contributed by atoms with E-state index in [4.69, 9.17) is 5.11 Å². The lowest BCUT2D eigenvalue weighted by Gasteiger charge is -2.11. The van der Waals surface area contributed by atoms with Gasteiger partial charge in [-0.1, -0.05) is 18.2 Å². The standard InChI is InChI=1S/C9H7NO5S/c11-8(9(12)13)10-5-6-3-1-2-4-7(6)16(10,14)15/h1-4H,5H2,(H,12,13). The quantitative estimate of drug-likeness (QED) is 0.635. The van der Waals surface area contributed by atoms with Gasteiger partial charge in [0.25, 0.3) is 10.0 Å². The summed E-state index contributed by atoms with van der Waals surface area (Å²) in [6, 6.07) is 6.04. The average Bonchev–Trinajstić information content (AvgIpc) is 2.50. The predicted octanol–water partition coefficient (Wildman–Crippen LogP) is -0.198. The number of sulfonamides is 1. The van der Waals surface area contributed by atoms with Crippen LogP contribution in [0.5, 0.6) is 0 Å². The van der Waals surface area contributed by atoms with E-state index in [9.17, 15) is 18.0 Å². The number of hydrogen-bond donors (Lipinski definition) is 1. The first-order chi connectivity index (χ1) is 7.44. The van der Waals surface area contributed by atoms with Crippen LogP contribution in [0.3, 0.4) is 0 Å². The average molecular weight is 241 g/mol. The van der Waals surface area contributed by atoms with E-state index in [1.54, 1.807) is 12.1 Å². The van der Waals surface area contributed by atoms with E-state index in [2.05, 4.69) is 0 Å². The zero-order valence-corrected chi connectivity index (χ0v) is 8.77. The van der Waals surface area contributed by atoms with Crippen LogP contribution in [0, 0.1) is 0 Å². The Labute approximate surface area is 91.2 Å². The minimum Gasteiger partial charge on any atom is -0.474 e. The highest BCUT2D eigenvalue weighted by molar-refractivity contribution is 7.90. The van der Waals surface area contributed by atoms with Gasteiger partial charge >= 0.3 is 11.9 Å². The number of aliphatic carboxylic acids is 1. The Kier molecular flexibility index (Phi) is 2.20. The maximum atomic E-state index is 11.8. The molecular weight excluding hydrogens is 234 g/mol. The molecule has 84 valence electrons. The minimum atomic E-state index is -3.99. The number of hydrogen-bond acceptors (Lipinski definition) is 4. The SMILES string of the molecule is O=C(O)C(=O)N1Cc2ccccc2S1(=O)=O. The number of carboxylic acids is 1. The van der Waals surface area contributed by atoms with Gasteiger partial charge in [-0.15, -0.1) is 0 Å². The summed E-state index contributed by atoms with van der Waals surface area (Å²) in [5.41, 5.74) is 0.428. The molecule has 1 amide bonds. The number of carbonyl (C=O) groups is 2. The van der Waals surface area contributed by atoms with Gasteiger partial charge in [0.05, 0.1) is 11.4 Å². The first-order valence-corrected chi connectivity index (χ1v) is 5.76. The summed E-state index contributed by atoms with van der Waals surface area (Å²) in [7, 11) is -3.99. The fourth-order valence-electron chi connectivity index (χ4n) is 1.53. The molecule has 1 aliphatic rings. The number of benzene rings is 1. The fraction of sp³-hybridized carbons (Fsp3) is 0.111. The molecule has 1 aromatic carbocycles. The summed E-state index contributed by atoms with van der Waals surface area (Å²) in [6.45, 7) is -0.219. The van der Waals surface area contributed by atoms with E-state index in [-0.39, 0.29) is 11.4 Å². The summed E-state index contributed by atoms with van der Waals surface area (Å²) < 4.78 is 23.9. The maximum absolute atomic E-state index is 11.8. The Morgan fingerprint density at radius 2 is 1.88 bits per heavy atom. The molecule has 0 bridgehead atoms. The van der Waals surface area contributed by atoms with Gasteiger partial charge in [-0.25, -0.2) is 17.5 Å². The third kappa shape index (κ3) is 1.36. The lowest BCUT2D eigenvalue weighted by atomic mass is 10.2. The highest BCUT2D eigenvalue weighted by atomic mass is 32.2. The molecule has 0 spiro atoms. The van der Waals surface area contributed by atoms with Crippen molar-refractivity contribution in [2.24, 2.45) is 0 Å². The molecule has 2 rings (SSSR count). The van der Waals surface area contributed by atoms with Crippen LogP contribution in [0.2, 0.25) is 0 Å². The van der Waals surface area contributed by atoms with Crippen molar-refractivity contribution in [1.29, 1.82) is 0 Å². The molecule has 6 nitrogen and oxygen atoms in total. The Hall–Kier alpha value is -1.89. The summed E-state index contributed by atoms with van der Waals surface area (Å²) in [4.78, 5) is 21.6. The summed E-state index contributed by atoms with van der Waals surface area (Å²) >= 11 is 0. The third-order valence-corrected chi connectivity index (χ3v) is 4.09. The molecule has 0 aromatic heterocycles. The van der Waals surface area contributed by atoms with Crippen molar-refractivity contribution in [3.8, 4) is 0 Å². The number of rotatable bonds is 0. The van der Waals surface area contributed by atoms with Gasteiger partial charge in [-0.05, 0) is 11.6 Å². The number of nitrogens with zero attached hydrogens (tertiary/aromatic N) is 1. The van der Waals surface area contributed by atoms with E-state index in [0.29, 0.717) is 9.87 Å². The molecule has 1 N–H and O–H groups in total. The van der Waals surface area contributed by atoms with Gasteiger partial charge in [0, 0.05) is 0 Å². The zero-order valence-electron chi connectivity index (χ0n) is 7.95. The van der Waals surface area contributed by atoms with Crippen molar-refractivity contribution in [2.45, 2.75) is 11.4 Å². The Balaban J connectivity index is 2.53. The van der Waals surface area contributed by atoms with E-state index in [1.165, 1.54) is 12.1 Å². The van der Waals surface area contributed by atoms with Crippen LogP contribution in [0.25, 0.3) is 0 Å². The van der Waals surface area contributed by atoms with Crippen molar-refractivity contribution in [1.82, 2.24) is 4.31 Å². The Bertz CT molecular complexity index is 577. The monoisotopic (exact) mass is 241 g/mol. The van der Waals surface area contributed by atoms with Crippen molar-refractivity contribution in [2.75, 3.05) is 0 Å². The van der Waals surface area contributed by atoms with E-state index < -0.39 is 21.9 Å². The molecule has 0 saturated heterocycles. The molecule has 1 aromatic rings. The number of fused-ring (bicyclic) bond motifs is 1. The predicted molar refractivity (Wildman–Crippen MR) is 51.8 cm³/mol. The molecule has 0 saturated carbocycles. The zero-order chi connectivity index (χ0) is 11.9. The lowest BCUT2D eigenvalue weighted by molar-refractivity contribution is -0.153. The number of carboxylic acid groups (broad SMARTS) is 1. The van der Waals surface area contributed by atoms with Crippen LogP contribution in [0.4, 0.5) is 0 Å². The second-order valence-corrected chi connectivity index (χ2v) is 5.06. The van der Waals surface area contributed by atoms with Crippen LogP contribution in [-0.2, 0) is 26.2 Å². The minimum absolute atomic E-state index is 0.00963. The maximum Gasteiger partial charge on any atom is 0.395 e. The van der Waals surface area contributed by atoms with Gasteiger partial charge in [-0.3, -0.25) is 4.79 Å². The number of carbonyl (C=O) groups excluding carboxylic acids is 1. The van der Waals surface area contributed by atoms with Gasteiger partial charge in [0.15, 0.2) is 0 Å². The van der Waals surface area contributed by atoms with Crippen molar-refractivity contribution >= 4 is 21.9 Å². The van der Waals surface area contributed by atoms with Crippen molar-refractivity contribution in [3.05, 3.63) is 29.8 Å². The van der Waals surface area contributed by atoms with Gasteiger partial charge < -0.3 is 5.11 Å². The molecule has 0 fully saturated rings. The van der Waals surface area contributed by atoms with Crippen molar-refractivity contribution in [3.63, 3.8) is 0 Å². The highest BCUT2D eigenvalue weighted by Gasteiger charge is 2.40. The van der Waals surface area contributed by atoms with Crippen LogP contribution >= 0.6 is 0 Å². The molecule has 0 aliphatic carbocycles. The largest absolute Gasteiger partial charge is 0.474 e. The summed E-state index contributed by atoms with van der Waals surface area (Å²) in [5.74, 6) is -3.22. The molecule has 7 heteroatoms. The normalized spacial score (nSPS) is 16.9. The molecule has 1 heterocycles. The van der Waals surface area contributed by atoms with Crippen molar-refractivity contribution < 1.29 is 23.1 Å². The van der Waals surface area contributed by atoms with Gasteiger partial charge in [0.1, 0.15) is 0 Å². The van der Waals surface area contributed by atoms with Crippen LogP contribution < -0.4 is 0 Å². The summed E-state index contributed by atoms with van der Waals surface area (Å²) in [6.07, 6.45) is 0. The van der Waals surface area contributed by atoms with E-state index >= 15 is 0 Å². The Morgan fingerprint density at radius 1 is 1.25 bits per heavy atom. The Morgan fingerprint density at radius 3 is 2.44 bits per heavy atom. The van der Waals surface area contributed by atoms with Crippen LogP contribution in [0.1, 0.15) is 5.56 Å². The second-order valence-electron chi connectivity index (χ2n) is 3.23. The first kappa shape index (κ1) is 10.6. The second kappa shape index (κ2) is 3.31. The molecule has 0 atom stereocenters. The molecule has 16 heavy (non-hydrogen) atoms. The van der Waals surface area contributed by atoms with Crippen LogP contribution in [0.15, 0.2) is 29.2 Å². The third-order valence-electron chi connectivity index (χ3n) is 2.26. The summed E-state index contributed by atoms with van der Waals surface area (Å²) in [5, 5.41) is 8.50. The smallest absolute Gasteiger partial charge is 0.395 e. The molecule has 0 radical (unpaired) electrons. The first-order valence-electron chi connectivity index (χ1n) is 4.32. The highest BCUT2D eigenvalue weighted by Crippen LogP contribution is 2.29. The fourth-order valence-corrected chi connectivity index (χ4v) is 3.09. The molecule has 0 unspecified atom stereocenters. The van der Waals surface area contributed by atoms with Gasteiger partial charge in [0.2, 0.25) is 0 Å². The topological polar surface area (TPSA) is 91.8 Å². The van der Waals surface area contributed by atoms with E-state index in [1.807, 2.05) is 0 Å². The molecular formula is C9H7NO5S. The molecule has 1 aliphatic heterocycles. The lowest BCUT2D eigenvalue weighted by Crippen LogP contribution is -2.36. The van der Waals surface area contributed by atoms with Crippen LogP contribution in [-0.4, -0.2) is 29.7 Å². The van der Waals surface area contributed by atoms with Gasteiger partial charge in [-0.2, -0.15) is 0 Å². The number of amides is 1.